The third kappa shape index (κ3) is 4.78. The number of alkyl carbamates (subject to hydrolysis) is 1. The molecular formula is C18H24FN5O2. The molecule has 1 saturated heterocycles. The van der Waals surface area contributed by atoms with E-state index >= 15 is 0 Å². The van der Waals surface area contributed by atoms with E-state index in [9.17, 15) is 9.18 Å². The standard InChI is InChI=1S/C18H24FN5O2/c1-18(2,3)26-17(25)21-7-14-9-23(10-14)8-13-4-5-16(15(19)6-13)24-12-20-11-22-24/h4-6,11-12,14H,7-10H2,1-3H3,(H,21,25). The van der Waals surface area contributed by atoms with Crippen molar-refractivity contribution < 1.29 is 13.9 Å². The molecule has 1 fully saturated rings. The molecule has 7 nitrogen and oxygen atoms in total. The lowest BCUT2D eigenvalue weighted by Gasteiger charge is -2.39. The normalized spacial score (nSPS) is 15.5. The van der Waals surface area contributed by atoms with Crippen LogP contribution in [0.2, 0.25) is 0 Å². The highest BCUT2D eigenvalue weighted by Gasteiger charge is 2.27. The zero-order chi connectivity index (χ0) is 18.7. The lowest BCUT2D eigenvalue weighted by Crippen LogP contribution is -2.51. The fourth-order valence-electron chi connectivity index (χ4n) is 2.90. The Balaban J connectivity index is 1.43. The van der Waals surface area contributed by atoms with Crippen molar-refractivity contribution in [3.63, 3.8) is 0 Å². The number of rotatable bonds is 5. The highest BCUT2D eigenvalue weighted by atomic mass is 19.1. The van der Waals surface area contributed by atoms with E-state index in [4.69, 9.17) is 4.74 Å². The molecule has 0 atom stereocenters. The van der Waals surface area contributed by atoms with Crippen LogP contribution >= 0.6 is 0 Å². The lowest BCUT2D eigenvalue weighted by molar-refractivity contribution is 0.0456. The number of ether oxygens (including phenoxy) is 1. The minimum atomic E-state index is -0.488. The highest BCUT2D eigenvalue weighted by molar-refractivity contribution is 5.67. The summed E-state index contributed by atoms with van der Waals surface area (Å²) in [5.74, 6) is 0.0680. The number of carbonyl (C=O) groups excluding carboxylic acids is 1. The average molecular weight is 361 g/mol. The Kier molecular flexibility index (Phi) is 5.22. The summed E-state index contributed by atoms with van der Waals surface area (Å²) in [5, 5.41) is 6.74. The predicted octanol–water partition coefficient (Wildman–Crippen LogP) is 2.36. The van der Waals surface area contributed by atoms with E-state index in [2.05, 4.69) is 20.3 Å². The first-order chi connectivity index (χ1) is 12.3. The molecule has 3 rings (SSSR count). The van der Waals surface area contributed by atoms with Gasteiger partial charge < -0.3 is 10.1 Å². The molecule has 1 aliphatic rings. The highest BCUT2D eigenvalue weighted by Crippen LogP contribution is 2.20. The molecule has 1 amide bonds. The maximum absolute atomic E-state index is 14.2. The van der Waals surface area contributed by atoms with Crippen LogP contribution in [0.15, 0.2) is 30.9 Å². The summed E-state index contributed by atoms with van der Waals surface area (Å²) in [6, 6.07) is 5.14. The second kappa shape index (κ2) is 7.41. The molecule has 8 heteroatoms. The number of nitrogens with one attached hydrogen (secondary N) is 1. The number of nitrogens with zero attached hydrogens (tertiary/aromatic N) is 4. The van der Waals surface area contributed by atoms with Crippen molar-refractivity contribution >= 4 is 6.09 Å². The Bertz CT molecular complexity index is 751. The molecule has 0 aliphatic carbocycles. The third-order valence-electron chi connectivity index (χ3n) is 4.05. The van der Waals surface area contributed by atoms with E-state index in [1.165, 1.54) is 23.4 Å². The van der Waals surface area contributed by atoms with E-state index in [0.29, 0.717) is 24.7 Å². The van der Waals surface area contributed by atoms with Crippen LogP contribution in [0.5, 0.6) is 0 Å². The predicted molar refractivity (Wildman–Crippen MR) is 94.3 cm³/mol. The van der Waals surface area contributed by atoms with Gasteiger partial charge in [-0.05, 0) is 38.5 Å². The zero-order valence-corrected chi connectivity index (χ0v) is 15.3. The molecule has 1 aliphatic heterocycles. The first-order valence-corrected chi connectivity index (χ1v) is 8.63. The van der Waals surface area contributed by atoms with Gasteiger partial charge in [-0.2, -0.15) is 5.10 Å². The number of hydrogen-bond donors (Lipinski definition) is 1. The molecule has 140 valence electrons. The van der Waals surface area contributed by atoms with E-state index in [-0.39, 0.29) is 11.9 Å². The first kappa shape index (κ1) is 18.3. The Morgan fingerprint density at radius 1 is 1.38 bits per heavy atom. The summed E-state index contributed by atoms with van der Waals surface area (Å²) in [4.78, 5) is 17.7. The number of amides is 1. The molecule has 0 saturated carbocycles. The molecule has 0 bridgehead atoms. The second-order valence-electron chi connectivity index (χ2n) is 7.57. The average Bonchev–Trinajstić information content (AvgIpc) is 3.01. The summed E-state index contributed by atoms with van der Waals surface area (Å²) in [6.45, 7) is 8.51. The number of benzene rings is 1. The van der Waals surface area contributed by atoms with Crippen molar-refractivity contribution in [1.29, 1.82) is 0 Å². The first-order valence-electron chi connectivity index (χ1n) is 8.63. The molecule has 1 aromatic heterocycles. The van der Waals surface area contributed by atoms with Gasteiger partial charge in [0.2, 0.25) is 0 Å². The van der Waals surface area contributed by atoms with Crippen molar-refractivity contribution in [2.45, 2.75) is 32.9 Å². The number of aromatic nitrogens is 3. The van der Waals surface area contributed by atoms with Crippen molar-refractivity contribution in [2.24, 2.45) is 5.92 Å². The van der Waals surface area contributed by atoms with Crippen molar-refractivity contribution in [3.8, 4) is 5.69 Å². The summed E-state index contributed by atoms with van der Waals surface area (Å²) in [6.07, 6.45) is 2.45. The summed E-state index contributed by atoms with van der Waals surface area (Å²) in [5.41, 5.74) is 0.803. The van der Waals surface area contributed by atoms with Gasteiger partial charge in [0.25, 0.3) is 0 Å². The fraction of sp³-hybridized carbons (Fsp3) is 0.500. The van der Waals surface area contributed by atoms with Crippen molar-refractivity contribution in [2.75, 3.05) is 19.6 Å². The third-order valence-corrected chi connectivity index (χ3v) is 4.05. The second-order valence-corrected chi connectivity index (χ2v) is 7.57. The molecule has 0 unspecified atom stereocenters. The van der Waals surface area contributed by atoms with Crippen LogP contribution in [0.25, 0.3) is 5.69 Å². The largest absolute Gasteiger partial charge is 0.444 e. The maximum Gasteiger partial charge on any atom is 0.407 e. The SMILES string of the molecule is CC(C)(C)OC(=O)NCC1CN(Cc2ccc(-n3cncn3)c(F)c2)C1. The quantitative estimate of drug-likeness (QED) is 0.885. The van der Waals surface area contributed by atoms with Crippen LogP contribution in [0.3, 0.4) is 0 Å². The van der Waals surface area contributed by atoms with Gasteiger partial charge in [-0.25, -0.2) is 18.9 Å². The van der Waals surface area contributed by atoms with Gasteiger partial charge in [-0.3, -0.25) is 4.90 Å². The van der Waals surface area contributed by atoms with E-state index in [0.717, 1.165) is 18.7 Å². The van der Waals surface area contributed by atoms with Crippen LogP contribution in [0.4, 0.5) is 9.18 Å². The number of carbonyl (C=O) groups is 1. The topological polar surface area (TPSA) is 72.3 Å². The van der Waals surface area contributed by atoms with Gasteiger partial charge in [-0.1, -0.05) is 6.07 Å². The van der Waals surface area contributed by atoms with Crippen molar-refractivity contribution in [1.82, 2.24) is 25.0 Å². The molecule has 0 spiro atoms. The van der Waals surface area contributed by atoms with Gasteiger partial charge in [0.05, 0.1) is 0 Å². The Hall–Kier alpha value is -2.48. The molecular weight excluding hydrogens is 337 g/mol. The molecule has 0 radical (unpaired) electrons. The van der Waals surface area contributed by atoms with Crippen LogP contribution < -0.4 is 5.32 Å². The number of hydrogen-bond acceptors (Lipinski definition) is 5. The lowest BCUT2D eigenvalue weighted by atomic mass is 9.99. The van der Waals surface area contributed by atoms with Crippen LogP contribution in [-0.2, 0) is 11.3 Å². The van der Waals surface area contributed by atoms with Gasteiger partial charge in [0, 0.05) is 32.1 Å². The Morgan fingerprint density at radius 2 is 2.15 bits per heavy atom. The molecule has 2 aromatic rings. The van der Waals surface area contributed by atoms with E-state index in [1.807, 2.05) is 26.8 Å². The Labute approximate surface area is 152 Å². The number of likely N-dealkylation sites (tertiary alicyclic amines) is 1. The van der Waals surface area contributed by atoms with Gasteiger partial charge in [0.1, 0.15) is 29.8 Å². The number of halogens is 1. The van der Waals surface area contributed by atoms with Crippen molar-refractivity contribution in [3.05, 3.63) is 42.2 Å². The van der Waals surface area contributed by atoms with E-state index < -0.39 is 5.60 Å². The van der Waals surface area contributed by atoms with Gasteiger partial charge in [0.15, 0.2) is 0 Å². The fourth-order valence-corrected chi connectivity index (χ4v) is 2.90. The van der Waals surface area contributed by atoms with Crippen LogP contribution in [-0.4, -0.2) is 51.0 Å². The minimum absolute atomic E-state index is 0.323. The zero-order valence-electron chi connectivity index (χ0n) is 15.3. The monoisotopic (exact) mass is 361 g/mol. The summed E-state index contributed by atoms with van der Waals surface area (Å²) in [7, 11) is 0. The van der Waals surface area contributed by atoms with Gasteiger partial charge in [-0.15, -0.1) is 0 Å². The molecule has 2 heterocycles. The molecule has 1 aromatic carbocycles. The molecule has 26 heavy (non-hydrogen) atoms. The van der Waals surface area contributed by atoms with Gasteiger partial charge >= 0.3 is 6.09 Å². The Morgan fingerprint density at radius 3 is 2.77 bits per heavy atom. The maximum atomic E-state index is 14.2. The molecule has 1 N–H and O–H groups in total. The summed E-state index contributed by atoms with van der Waals surface area (Å²) < 4.78 is 20.9. The minimum Gasteiger partial charge on any atom is -0.444 e. The van der Waals surface area contributed by atoms with Crippen LogP contribution in [0, 0.1) is 11.7 Å². The van der Waals surface area contributed by atoms with E-state index in [1.54, 1.807) is 6.07 Å². The summed E-state index contributed by atoms with van der Waals surface area (Å²) >= 11 is 0. The van der Waals surface area contributed by atoms with Crippen LogP contribution in [0.1, 0.15) is 26.3 Å². The smallest absolute Gasteiger partial charge is 0.407 e.